The van der Waals surface area contributed by atoms with Crippen LogP contribution in [0, 0.1) is 0 Å². The number of hydrogen-bond acceptors (Lipinski definition) is 0. The van der Waals surface area contributed by atoms with Gasteiger partial charge in [-0.2, -0.15) is 0 Å². The van der Waals surface area contributed by atoms with Crippen LogP contribution in [0.3, 0.4) is 0 Å². The van der Waals surface area contributed by atoms with E-state index in [4.69, 9.17) is 0 Å². The molecule has 0 fully saturated rings. The molecule has 0 nitrogen and oxygen atoms in total. The molecule has 6 heavy (non-hydrogen) atoms. The molecular formula is C5H20V. The van der Waals surface area contributed by atoms with Crippen molar-refractivity contribution in [3.63, 3.8) is 0 Å². The predicted molar refractivity (Wildman–Crippen MR) is 33.7 cm³/mol. The van der Waals surface area contributed by atoms with Gasteiger partial charge in [-0.25, -0.2) is 0 Å². The van der Waals surface area contributed by atoms with E-state index < -0.39 is 0 Å². The third-order valence-electron chi connectivity index (χ3n) is 0. The predicted octanol–water partition coefficient (Wildman–Crippen LogP) is 3.18. The molecule has 0 saturated carbocycles. The van der Waals surface area contributed by atoms with Gasteiger partial charge in [-0.1, -0.05) is 37.1 Å². The van der Waals surface area contributed by atoms with Crippen molar-refractivity contribution in [2.45, 2.75) is 37.1 Å². The van der Waals surface area contributed by atoms with Crippen molar-refractivity contribution < 1.29 is 18.6 Å². The monoisotopic (exact) mass is 131 g/mol. The molecule has 0 aromatic rings. The fourth-order valence-corrected chi connectivity index (χ4v) is 0. The van der Waals surface area contributed by atoms with Crippen molar-refractivity contribution in [3.05, 3.63) is 0 Å². The maximum atomic E-state index is 0. The Morgan fingerprint density at radius 2 is 0.333 bits per heavy atom. The van der Waals surface area contributed by atoms with Gasteiger partial charge in [-0.3, -0.25) is 0 Å². The molecule has 0 bridgehead atoms. The van der Waals surface area contributed by atoms with Gasteiger partial charge in [0.1, 0.15) is 0 Å². The van der Waals surface area contributed by atoms with Gasteiger partial charge < -0.3 is 0 Å². The van der Waals surface area contributed by atoms with E-state index in [9.17, 15) is 0 Å². The Morgan fingerprint density at radius 1 is 0.333 bits per heavy atom. The normalized spacial score (nSPS) is 0. The Hall–Kier alpha value is 0.584. The maximum Gasteiger partial charge on any atom is 0 e. The minimum Gasteiger partial charge on any atom is -0.0776 e. The van der Waals surface area contributed by atoms with E-state index >= 15 is 0 Å². The molecule has 0 aromatic carbocycles. The standard InChI is InChI=1S/5CH4.V/h5*1H4;. The third kappa shape index (κ3) is 172. The molecule has 0 saturated heterocycles. The summed E-state index contributed by atoms with van der Waals surface area (Å²) in [5.41, 5.74) is 0. The average molecular weight is 131 g/mol. The van der Waals surface area contributed by atoms with Crippen molar-refractivity contribution in [3.8, 4) is 0 Å². The first-order valence-corrected chi connectivity index (χ1v) is 0. The largest absolute Gasteiger partial charge is 0.0776 e. The first kappa shape index (κ1) is 601. The molecule has 0 amide bonds. The van der Waals surface area contributed by atoms with Crippen LogP contribution in [0.15, 0.2) is 0 Å². The Kier molecular flexibility index (Phi) is 34400. The maximum absolute atomic E-state index is 0. The zero-order valence-electron chi connectivity index (χ0n) is 0.447. The average Bonchev–Trinajstić information content (AvgIpc) is 0. The summed E-state index contributed by atoms with van der Waals surface area (Å²) in [7, 11) is 0. The molecule has 0 aliphatic rings. The Labute approximate surface area is 56.2 Å². The van der Waals surface area contributed by atoms with Gasteiger partial charge in [-0.15, -0.1) is 0 Å². The third-order valence-corrected chi connectivity index (χ3v) is 0. The second-order valence-electron chi connectivity index (χ2n) is 0. The topological polar surface area (TPSA) is 0 Å². The molecular weight excluding hydrogens is 111 g/mol. The fourth-order valence-electron chi connectivity index (χ4n) is 0. The summed E-state index contributed by atoms with van der Waals surface area (Å²) in [4.78, 5) is 0. The molecule has 0 heterocycles. The summed E-state index contributed by atoms with van der Waals surface area (Å²) in [5, 5.41) is 0. The van der Waals surface area contributed by atoms with Crippen LogP contribution >= 0.6 is 0 Å². The van der Waals surface area contributed by atoms with Crippen LogP contribution in [0.1, 0.15) is 37.1 Å². The Bertz CT molecular complexity index is 3.90. The Morgan fingerprint density at radius 3 is 0.333 bits per heavy atom. The molecule has 0 aromatic heterocycles. The van der Waals surface area contributed by atoms with E-state index in [1.54, 1.807) is 0 Å². The summed E-state index contributed by atoms with van der Waals surface area (Å²) in [6.07, 6.45) is 0. The van der Waals surface area contributed by atoms with Gasteiger partial charge in [0.25, 0.3) is 0 Å². The molecule has 0 aliphatic carbocycles. The molecule has 1 heteroatoms. The minimum absolute atomic E-state index is 0. The summed E-state index contributed by atoms with van der Waals surface area (Å²) in [6, 6.07) is 0. The van der Waals surface area contributed by atoms with Crippen LogP contribution in [0.25, 0.3) is 0 Å². The zero-order chi connectivity index (χ0) is 0. The molecule has 0 rings (SSSR count). The molecule has 0 spiro atoms. The van der Waals surface area contributed by atoms with E-state index in [1.165, 1.54) is 0 Å². The second kappa shape index (κ2) is 344. The van der Waals surface area contributed by atoms with Crippen molar-refractivity contribution >= 4 is 0 Å². The minimum atomic E-state index is 0. The summed E-state index contributed by atoms with van der Waals surface area (Å²) in [5.74, 6) is 0. The van der Waals surface area contributed by atoms with Gasteiger partial charge in [-0.05, 0) is 0 Å². The fraction of sp³-hybridized carbons (Fsp3) is 1.00. The van der Waals surface area contributed by atoms with Gasteiger partial charge >= 0.3 is 0 Å². The first-order valence-electron chi connectivity index (χ1n) is 0. The molecule has 0 atom stereocenters. The molecule has 0 N–H and O–H groups in total. The van der Waals surface area contributed by atoms with E-state index in [-0.39, 0.29) is 55.7 Å². The van der Waals surface area contributed by atoms with Gasteiger partial charge in [0.05, 0.1) is 0 Å². The van der Waals surface area contributed by atoms with Crippen molar-refractivity contribution in [1.82, 2.24) is 0 Å². The van der Waals surface area contributed by atoms with E-state index in [0.717, 1.165) is 0 Å². The van der Waals surface area contributed by atoms with Crippen LogP contribution in [0.5, 0.6) is 0 Å². The first-order chi connectivity index (χ1) is 0. The van der Waals surface area contributed by atoms with Crippen molar-refractivity contribution in [2.75, 3.05) is 0 Å². The van der Waals surface area contributed by atoms with Gasteiger partial charge in [0, 0.05) is 18.6 Å². The molecule has 0 aliphatic heterocycles. The molecule has 1 radical (unpaired) electrons. The van der Waals surface area contributed by atoms with Crippen LogP contribution < -0.4 is 0 Å². The van der Waals surface area contributed by atoms with E-state index in [0.29, 0.717) is 0 Å². The van der Waals surface area contributed by atoms with Crippen LogP contribution in [-0.4, -0.2) is 0 Å². The molecule has 45 valence electrons. The quantitative estimate of drug-likeness (QED) is 0.473. The number of hydrogen-bond donors (Lipinski definition) is 0. The summed E-state index contributed by atoms with van der Waals surface area (Å²) < 4.78 is 0. The summed E-state index contributed by atoms with van der Waals surface area (Å²) >= 11 is 0. The van der Waals surface area contributed by atoms with E-state index in [2.05, 4.69) is 0 Å². The summed E-state index contributed by atoms with van der Waals surface area (Å²) in [6.45, 7) is 0. The zero-order valence-corrected chi connectivity index (χ0v) is 1.84. The number of rotatable bonds is 0. The van der Waals surface area contributed by atoms with Crippen LogP contribution in [0.4, 0.5) is 0 Å². The SMILES string of the molecule is C.C.C.C.C.[V]. The smallest absolute Gasteiger partial charge is 0 e. The second-order valence-corrected chi connectivity index (χ2v) is 0. The molecule has 0 unspecified atom stereocenters. The van der Waals surface area contributed by atoms with Crippen LogP contribution in [0.2, 0.25) is 0 Å². The van der Waals surface area contributed by atoms with Gasteiger partial charge in [0.15, 0.2) is 0 Å². The Balaban J connectivity index is 0. The van der Waals surface area contributed by atoms with Gasteiger partial charge in [0.2, 0.25) is 0 Å². The van der Waals surface area contributed by atoms with Crippen LogP contribution in [-0.2, 0) is 18.6 Å². The van der Waals surface area contributed by atoms with Crippen molar-refractivity contribution in [2.24, 2.45) is 0 Å². The van der Waals surface area contributed by atoms with E-state index in [1.807, 2.05) is 0 Å². The van der Waals surface area contributed by atoms with Crippen molar-refractivity contribution in [1.29, 1.82) is 0 Å².